The maximum atomic E-state index is 15.3. The fourth-order valence-electron chi connectivity index (χ4n) is 12.0. The lowest BCUT2D eigenvalue weighted by Crippen LogP contribution is -2.63. The van der Waals surface area contributed by atoms with Crippen molar-refractivity contribution in [2.45, 2.75) is 182 Å². The Morgan fingerprint density at radius 3 is 2.08 bits per heavy atom. The Labute approximate surface area is 363 Å². The van der Waals surface area contributed by atoms with Crippen LogP contribution in [0, 0.1) is 33.5 Å². The maximum absolute atomic E-state index is 15.3. The first-order valence-electron chi connectivity index (χ1n) is 24.0. The molecular formula is C45H75N7O7S. The normalized spacial score (nSPS) is 32.1. The van der Waals surface area contributed by atoms with Gasteiger partial charge in [-0.3, -0.25) is 28.9 Å². The highest BCUT2D eigenvalue weighted by Gasteiger charge is 2.85. The molecule has 338 valence electrons. The smallest absolute Gasteiger partial charge is 0.303 e. The molecule has 2 aliphatic heterocycles. The van der Waals surface area contributed by atoms with Crippen molar-refractivity contribution < 1.29 is 36.5 Å². The highest BCUT2D eigenvalue weighted by molar-refractivity contribution is 7.87. The average Bonchev–Trinajstić information content (AvgIpc) is 3.89. The zero-order valence-electron chi connectivity index (χ0n) is 40.7. The predicted octanol–water partition coefficient (Wildman–Crippen LogP) is 4.41. The highest BCUT2D eigenvalue weighted by Crippen LogP contribution is 2.88. The van der Waals surface area contributed by atoms with Crippen molar-refractivity contribution in [1.82, 2.24) is 34.8 Å². The third kappa shape index (κ3) is 7.94. The molecule has 0 aromatic carbocycles. The van der Waals surface area contributed by atoms with Crippen molar-refractivity contribution in [2.75, 3.05) is 26.1 Å². The minimum atomic E-state index is -4.67. The number of carbonyl (C=O) groups is 5. The number of carbonyl (C=O) groups excluding carboxylic acids is 5. The third-order valence-electron chi connectivity index (χ3n) is 16.0. The molecule has 0 aromatic rings. The van der Waals surface area contributed by atoms with E-state index >= 15 is 4.79 Å². The fraction of sp³-hybridized carbons (Fsp3) is 0.844. The molecule has 2 spiro atoms. The summed E-state index contributed by atoms with van der Waals surface area (Å²) in [4.78, 5) is 76.5. The number of likely N-dealkylation sites (tertiary alicyclic amines) is 2. The molecule has 5 amide bonds. The summed E-state index contributed by atoms with van der Waals surface area (Å²) in [5, 5.41) is 9.09. The lowest BCUT2D eigenvalue weighted by atomic mass is 9.73. The molecule has 2 heterocycles. The monoisotopic (exact) mass is 861 g/mol. The maximum Gasteiger partial charge on any atom is 0.303 e. The standard InChI is InChI=1S/C45H75N7O7S/c1-11-31-26-45(31,40(57)49-60(58,59)50(12-2)13-3)48-37(54)33-27-44(42(9,10)43(44)23-19-24-43)28-52(33)39(56)35(41(6,7)8)47-38(55)34(30-20-15-14-16-21-30)46-36(53)32-22-17-18-25-51(32)29(4)5/h11,29-35H,1,12-28H2,2-10H3,(H,46,53)(H,47,55)(H,48,54)(H,49,57)/t31-,32+,33+,34+,35-,44-,45-/m1/s1/i12D2,29D. The zero-order chi connectivity index (χ0) is 46.9. The van der Waals surface area contributed by atoms with Crippen molar-refractivity contribution in [3.63, 3.8) is 0 Å². The lowest BCUT2D eigenvalue weighted by molar-refractivity contribution is -0.145. The molecule has 7 atom stereocenters. The van der Waals surface area contributed by atoms with Crippen LogP contribution in [0.4, 0.5) is 0 Å². The fourth-order valence-corrected chi connectivity index (χ4v) is 13.1. The van der Waals surface area contributed by atoms with Gasteiger partial charge in [0, 0.05) is 41.0 Å². The first kappa shape index (κ1) is 42.3. The van der Waals surface area contributed by atoms with E-state index < -0.39 is 92.8 Å². The summed E-state index contributed by atoms with van der Waals surface area (Å²) >= 11 is 0. The Kier molecular flexibility index (Phi) is 11.9. The second kappa shape index (κ2) is 16.9. The molecule has 6 fully saturated rings. The minimum absolute atomic E-state index is 0.0584. The molecule has 4 saturated carbocycles. The van der Waals surface area contributed by atoms with Gasteiger partial charge in [0.05, 0.1) is 6.04 Å². The molecule has 0 unspecified atom stereocenters. The molecule has 2 saturated heterocycles. The van der Waals surface area contributed by atoms with Crippen LogP contribution in [0.5, 0.6) is 0 Å². The van der Waals surface area contributed by atoms with Crippen molar-refractivity contribution in [1.29, 1.82) is 0 Å². The molecular weight excluding hydrogens is 783 g/mol. The summed E-state index contributed by atoms with van der Waals surface area (Å²) in [5.74, 6) is -3.62. The van der Waals surface area contributed by atoms with Crippen LogP contribution >= 0.6 is 0 Å². The van der Waals surface area contributed by atoms with Crippen LogP contribution in [0.1, 0.15) is 150 Å². The number of hydrogen-bond acceptors (Lipinski definition) is 8. The molecule has 4 N–H and O–H groups in total. The predicted molar refractivity (Wildman–Crippen MR) is 231 cm³/mol. The van der Waals surface area contributed by atoms with Crippen LogP contribution in [0.3, 0.4) is 0 Å². The molecule has 0 bridgehead atoms. The first-order chi connectivity index (χ1) is 29.0. The van der Waals surface area contributed by atoms with Gasteiger partial charge in [0.15, 0.2) is 0 Å². The number of piperidine rings is 1. The largest absolute Gasteiger partial charge is 0.343 e. The molecule has 6 rings (SSSR count). The Morgan fingerprint density at radius 1 is 0.917 bits per heavy atom. The topological polar surface area (TPSA) is 177 Å². The van der Waals surface area contributed by atoms with Crippen LogP contribution in [-0.2, 0) is 34.2 Å². The number of nitrogens with one attached hydrogen (secondary N) is 4. The molecule has 60 heavy (non-hydrogen) atoms. The van der Waals surface area contributed by atoms with Gasteiger partial charge in [0.1, 0.15) is 23.7 Å². The van der Waals surface area contributed by atoms with E-state index in [2.05, 4.69) is 36.4 Å². The van der Waals surface area contributed by atoms with Gasteiger partial charge >= 0.3 is 10.2 Å². The Morgan fingerprint density at radius 2 is 1.57 bits per heavy atom. The van der Waals surface area contributed by atoms with E-state index in [4.69, 9.17) is 4.11 Å². The summed E-state index contributed by atoms with van der Waals surface area (Å²) in [6, 6.07) is -4.63. The summed E-state index contributed by atoms with van der Waals surface area (Å²) in [7, 11) is -4.67. The van der Waals surface area contributed by atoms with E-state index in [1.54, 1.807) is 18.7 Å². The van der Waals surface area contributed by atoms with Gasteiger partial charge < -0.3 is 20.9 Å². The Bertz CT molecular complexity index is 1940. The quantitative estimate of drug-likeness (QED) is 0.175. The second-order valence-corrected chi connectivity index (χ2v) is 22.1. The summed E-state index contributed by atoms with van der Waals surface area (Å²) in [5.41, 5.74) is -3.25. The molecule has 14 nitrogen and oxygen atoms in total. The van der Waals surface area contributed by atoms with E-state index in [0.717, 1.165) is 71.1 Å². The second-order valence-electron chi connectivity index (χ2n) is 20.5. The SMILES string of the molecule is [2H]C([2H])(C)N(CC)S(=O)(=O)NC(=O)[C@@]1(NC(=O)[C@@H]2C[C@@]3(CN2C(=O)[C@@H](NC(=O)[C@@H](NC(=O)[C@@H]2CCCCN2C([2H])(C)C)C2CCCCC2)C(C)(C)C)C(C)(C)C32CCC2)C[C@H]1C=C. The van der Waals surface area contributed by atoms with Crippen LogP contribution in [0.2, 0.25) is 0 Å². The lowest BCUT2D eigenvalue weighted by Gasteiger charge is -2.40. The van der Waals surface area contributed by atoms with Crippen molar-refractivity contribution >= 4 is 39.7 Å². The van der Waals surface area contributed by atoms with Crippen molar-refractivity contribution in [3.05, 3.63) is 12.7 Å². The van der Waals surface area contributed by atoms with Gasteiger partial charge in [0.2, 0.25) is 23.6 Å². The van der Waals surface area contributed by atoms with Crippen LogP contribution in [-0.4, -0.2) is 114 Å². The van der Waals surface area contributed by atoms with Gasteiger partial charge in [-0.1, -0.05) is 86.6 Å². The summed E-state index contributed by atoms with van der Waals surface area (Å²) in [6.45, 7) is 18.1. The van der Waals surface area contributed by atoms with Gasteiger partial charge in [-0.25, -0.2) is 4.72 Å². The van der Waals surface area contributed by atoms with Crippen LogP contribution in [0.15, 0.2) is 12.7 Å². The Balaban J connectivity index is 1.29. The van der Waals surface area contributed by atoms with Crippen molar-refractivity contribution in [2.24, 2.45) is 33.5 Å². The molecule has 0 aromatic heterocycles. The van der Waals surface area contributed by atoms with Gasteiger partial charge in [-0.2, -0.15) is 12.7 Å². The number of rotatable bonds is 15. The number of amides is 5. The number of fused-ring (bicyclic) bond motifs is 1. The molecule has 6 aliphatic rings. The highest BCUT2D eigenvalue weighted by atomic mass is 32.2. The van der Waals surface area contributed by atoms with Crippen LogP contribution in [0.25, 0.3) is 0 Å². The number of hydrogen-bond donors (Lipinski definition) is 4. The number of nitrogens with zero attached hydrogens (tertiary/aromatic N) is 3. The van der Waals surface area contributed by atoms with E-state index in [9.17, 15) is 27.6 Å². The van der Waals surface area contributed by atoms with Gasteiger partial charge in [-0.05, 0) is 93.9 Å². The first-order valence-corrected chi connectivity index (χ1v) is 24.0. The van der Waals surface area contributed by atoms with Crippen molar-refractivity contribution in [3.8, 4) is 0 Å². The molecule has 0 radical (unpaired) electrons. The summed E-state index contributed by atoms with van der Waals surface area (Å²) < 4.78 is 54.0. The van der Waals surface area contributed by atoms with Crippen LogP contribution < -0.4 is 20.7 Å². The van der Waals surface area contributed by atoms with E-state index in [0.29, 0.717) is 23.7 Å². The van der Waals surface area contributed by atoms with Gasteiger partial charge in [-0.15, -0.1) is 6.58 Å². The third-order valence-corrected chi connectivity index (χ3v) is 17.4. The van der Waals surface area contributed by atoms with E-state index in [-0.39, 0.29) is 42.2 Å². The average molecular weight is 861 g/mol. The van der Waals surface area contributed by atoms with Gasteiger partial charge in [0.25, 0.3) is 5.91 Å². The summed E-state index contributed by atoms with van der Waals surface area (Å²) in [6.07, 6.45) is 11.4. The van der Waals surface area contributed by atoms with E-state index in [1.165, 1.54) is 13.0 Å². The Hall–Kier alpha value is -3.04. The minimum Gasteiger partial charge on any atom is -0.343 e. The molecule has 15 heteroatoms. The molecule has 4 aliphatic carbocycles. The zero-order valence-corrected chi connectivity index (χ0v) is 38.5. The van der Waals surface area contributed by atoms with E-state index in [1.807, 2.05) is 30.4 Å².